The van der Waals surface area contributed by atoms with Crippen molar-refractivity contribution in [2.24, 2.45) is 0 Å². The van der Waals surface area contributed by atoms with Gasteiger partial charge in [0.2, 0.25) is 0 Å². The molecule has 4 N–H and O–H groups in total. The Bertz CT molecular complexity index is 1400. The number of anilines is 1. The summed E-state index contributed by atoms with van der Waals surface area (Å²) in [6, 6.07) is 9.48. The molecule has 34 heavy (non-hydrogen) atoms. The normalized spacial score (nSPS) is 13.7. The summed E-state index contributed by atoms with van der Waals surface area (Å²) < 4.78 is 0. The maximum atomic E-state index is 12.7. The first-order chi connectivity index (χ1) is 16.3. The van der Waals surface area contributed by atoms with Gasteiger partial charge < -0.3 is 25.6 Å². The molecule has 0 bridgehead atoms. The molecule has 0 spiro atoms. The summed E-state index contributed by atoms with van der Waals surface area (Å²) in [7, 11) is 3.87. The van der Waals surface area contributed by atoms with Gasteiger partial charge >= 0.3 is 0 Å². The Morgan fingerprint density at radius 1 is 1.15 bits per heavy atom. The van der Waals surface area contributed by atoms with Crippen molar-refractivity contribution in [2.45, 2.75) is 6.10 Å². The summed E-state index contributed by atoms with van der Waals surface area (Å²) in [6.45, 7) is 4.75. The number of likely N-dealkylation sites (tertiary alicyclic amines) is 1. The number of rotatable bonds is 5. The number of fused-ring (bicyclic) bond motifs is 1. The number of hydrogen-bond acceptors (Lipinski definition) is 7. The fourth-order valence-corrected chi connectivity index (χ4v) is 4.00. The number of β-amino-alcohol motifs (C(OH)–C–C–N with tert-alkyl or cyclic N) is 1. The number of nitrogens with one attached hydrogen (secondary N) is 1. The molecule has 9 nitrogen and oxygen atoms in total. The second-order valence-electron chi connectivity index (χ2n) is 8.60. The molecule has 4 aromatic heterocycles. The summed E-state index contributed by atoms with van der Waals surface area (Å²) in [4.78, 5) is 32.7. The minimum absolute atomic E-state index is 0.158. The van der Waals surface area contributed by atoms with Gasteiger partial charge in [-0.05, 0) is 35.9 Å². The first-order valence-electron chi connectivity index (χ1n) is 10.9. The van der Waals surface area contributed by atoms with Crippen molar-refractivity contribution in [3.05, 3.63) is 66.8 Å². The molecule has 1 fully saturated rings. The standard InChI is InChI=1S/C25H25N7O2/c1-14(31(2)3)15-4-5-21(28-10-15)20-8-16(11-29-23(20)26)18-6-7-27-24-19(18)9-22(30-24)25(34)32-12-17(33)13-32/h4-11,17,33H,1,12-13H2,2-3H3,(H2,26,29)(H,27,30). The van der Waals surface area contributed by atoms with Crippen molar-refractivity contribution >= 4 is 28.5 Å². The number of H-pyrrole nitrogens is 1. The third-order valence-electron chi connectivity index (χ3n) is 6.05. The number of hydrogen-bond donors (Lipinski definition) is 3. The molecule has 1 saturated heterocycles. The van der Waals surface area contributed by atoms with E-state index in [-0.39, 0.29) is 5.91 Å². The van der Waals surface area contributed by atoms with Crippen molar-refractivity contribution in [3.63, 3.8) is 0 Å². The van der Waals surface area contributed by atoms with Crippen molar-refractivity contribution in [2.75, 3.05) is 32.9 Å². The molecule has 172 valence electrons. The second-order valence-corrected chi connectivity index (χ2v) is 8.60. The number of aliphatic hydroxyl groups excluding tert-OH is 1. The first kappa shape index (κ1) is 21.6. The fourth-order valence-electron chi connectivity index (χ4n) is 4.00. The molecule has 1 aliphatic rings. The fraction of sp³-hybridized carbons (Fsp3) is 0.200. The smallest absolute Gasteiger partial charge is 0.270 e. The Morgan fingerprint density at radius 2 is 1.94 bits per heavy atom. The maximum Gasteiger partial charge on any atom is 0.270 e. The lowest BCUT2D eigenvalue weighted by Gasteiger charge is -2.35. The van der Waals surface area contributed by atoms with E-state index in [4.69, 9.17) is 5.73 Å². The van der Waals surface area contributed by atoms with E-state index in [9.17, 15) is 9.90 Å². The minimum Gasteiger partial charge on any atom is -0.389 e. The quantitative estimate of drug-likeness (QED) is 0.422. The number of carbonyl (C=O) groups is 1. The molecular formula is C25H25N7O2. The van der Waals surface area contributed by atoms with E-state index >= 15 is 0 Å². The van der Waals surface area contributed by atoms with Crippen molar-refractivity contribution in [3.8, 4) is 22.4 Å². The Hall–Kier alpha value is -4.24. The van der Waals surface area contributed by atoms with Crippen molar-refractivity contribution in [1.29, 1.82) is 0 Å². The third kappa shape index (κ3) is 3.75. The lowest BCUT2D eigenvalue weighted by atomic mass is 10.0. The minimum atomic E-state index is -0.454. The number of aliphatic hydroxyl groups is 1. The maximum absolute atomic E-state index is 12.7. The molecule has 5 rings (SSSR count). The number of amides is 1. The number of pyridine rings is 3. The van der Waals surface area contributed by atoms with Gasteiger partial charge in [0.1, 0.15) is 17.2 Å². The van der Waals surface area contributed by atoms with Crippen LogP contribution < -0.4 is 5.73 Å². The monoisotopic (exact) mass is 455 g/mol. The van der Waals surface area contributed by atoms with Crippen LogP contribution in [-0.4, -0.2) is 74.0 Å². The topological polar surface area (TPSA) is 124 Å². The van der Waals surface area contributed by atoms with Gasteiger partial charge in [-0.3, -0.25) is 9.78 Å². The molecule has 0 aromatic carbocycles. The van der Waals surface area contributed by atoms with E-state index in [1.165, 1.54) is 0 Å². The van der Waals surface area contributed by atoms with E-state index in [0.717, 1.165) is 27.8 Å². The Kier molecular flexibility index (Phi) is 5.25. The molecule has 0 saturated carbocycles. The average molecular weight is 456 g/mol. The number of nitrogen functional groups attached to an aromatic ring is 1. The van der Waals surface area contributed by atoms with Gasteiger partial charge in [0.25, 0.3) is 5.91 Å². The molecule has 1 amide bonds. The highest BCUT2D eigenvalue weighted by Crippen LogP contribution is 2.33. The SMILES string of the molecule is C=C(c1ccc(-c2cc(-c3ccnc4[nH]c(C(=O)N5CC(O)C5)cc34)cnc2N)nc1)N(C)C. The highest BCUT2D eigenvalue weighted by molar-refractivity contribution is 6.02. The molecule has 0 radical (unpaired) electrons. The van der Waals surface area contributed by atoms with Gasteiger partial charge in [0.05, 0.1) is 11.8 Å². The predicted octanol–water partition coefficient (Wildman–Crippen LogP) is 2.62. The predicted molar refractivity (Wildman–Crippen MR) is 132 cm³/mol. The number of carbonyl (C=O) groups excluding carboxylic acids is 1. The molecule has 4 aromatic rings. The number of aromatic nitrogens is 4. The Labute approximate surface area is 196 Å². The Morgan fingerprint density at radius 3 is 2.62 bits per heavy atom. The lowest BCUT2D eigenvalue weighted by molar-refractivity contribution is 0.00557. The molecule has 0 atom stereocenters. The molecular weight excluding hydrogens is 430 g/mol. The van der Waals surface area contributed by atoms with E-state index in [1.807, 2.05) is 43.3 Å². The van der Waals surface area contributed by atoms with Crippen LogP contribution in [0.5, 0.6) is 0 Å². The zero-order valence-corrected chi connectivity index (χ0v) is 19.0. The van der Waals surface area contributed by atoms with Crippen LogP contribution in [0.25, 0.3) is 39.1 Å². The van der Waals surface area contributed by atoms with Crippen LogP contribution in [0.2, 0.25) is 0 Å². The molecule has 1 aliphatic heterocycles. The average Bonchev–Trinajstić information content (AvgIpc) is 3.26. The highest BCUT2D eigenvalue weighted by atomic mass is 16.3. The first-order valence-corrected chi connectivity index (χ1v) is 10.9. The summed E-state index contributed by atoms with van der Waals surface area (Å²) >= 11 is 0. The van der Waals surface area contributed by atoms with Crippen LogP contribution in [0.1, 0.15) is 16.1 Å². The number of nitrogens with zero attached hydrogens (tertiary/aromatic N) is 5. The second kappa shape index (κ2) is 8.27. The van der Waals surface area contributed by atoms with E-state index < -0.39 is 6.10 Å². The van der Waals surface area contributed by atoms with Crippen molar-refractivity contribution < 1.29 is 9.90 Å². The number of nitrogens with two attached hydrogens (primary N) is 1. The van der Waals surface area contributed by atoms with Gasteiger partial charge in [-0.25, -0.2) is 9.97 Å². The third-order valence-corrected chi connectivity index (χ3v) is 6.05. The van der Waals surface area contributed by atoms with Crippen LogP contribution in [0, 0.1) is 0 Å². The zero-order chi connectivity index (χ0) is 24.0. The molecule has 0 aliphatic carbocycles. The Balaban J connectivity index is 1.51. The van der Waals surface area contributed by atoms with Gasteiger partial charge in [-0.1, -0.05) is 6.58 Å². The molecule has 0 unspecified atom stereocenters. The van der Waals surface area contributed by atoms with Gasteiger partial charge in [-0.2, -0.15) is 0 Å². The van der Waals surface area contributed by atoms with Gasteiger partial charge in [0.15, 0.2) is 0 Å². The van der Waals surface area contributed by atoms with Crippen LogP contribution >= 0.6 is 0 Å². The van der Waals surface area contributed by atoms with E-state index in [1.54, 1.807) is 29.6 Å². The van der Waals surface area contributed by atoms with Crippen LogP contribution in [-0.2, 0) is 0 Å². The van der Waals surface area contributed by atoms with Gasteiger partial charge in [-0.15, -0.1) is 0 Å². The van der Waals surface area contributed by atoms with Crippen molar-refractivity contribution in [1.82, 2.24) is 29.7 Å². The van der Waals surface area contributed by atoms with E-state index in [0.29, 0.717) is 41.5 Å². The number of aromatic amines is 1. The summed E-state index contributed by atoms with van der Waals surface area (Å²) in [5.74, 6) is 0.219. The summed E-state index contributed by atoms with van der Waals surface area (Å²) in [5, 5.41) is 10.3. The van der Waals surface area contributed by atoms with Crippen LogP contribution in [0.4, 0.5) is 5.82 Å². The lowest BCUT2D eigenvalue weighted by Crippen LogP contribution is -2.53. The molecule has 9 heteroatoms. The highest BCUT2D eigenvalue weighted by Gasteiger charge is 2.30. The van der Waals surface area contributed by atoms with E-state index in [2.05, 4.69) is 26.5 Å². The largest absolute Gasteiger partial charge is 0.389 e. The summed E-state index contributed by atoms with van der Waals surface area (Å²) in [5.41, 5.74) is 12.1. The van der Waals surface area contributed by atoms with Gasteiger partial charge in [0, 0.05) is 73.5 Å². The zero-order valence-electron chi connectivity index (χ0n) is 19.0. The molecule has 5 heterocycles. The van der Waals surface area contributed by atoms with Crippen LogP contribution in [0.3, 0.4) is 0 Å². The summed E-state index contributed by atoms with van der Waals surface area (Å²) in [6.07, 6.45) is 4.71. The van der Waals surface area contributed by atoms with Crippen LogP contribution in [0.15, 0.2) is 55.5 Å².